The van der Waals surface area contributed by atoms with Gasteiger partial charge in [-0.2, -0.15) is 4.98 Å². The lowest BCUT2D eigenvalue weighted by Gasteiger charge is -2.24. The van der Waals surface area contributed by atoms with Gasteiger partial charge in [0, 0.05) is 31.4 Å². The number of nitrogen functional groups attached to an aromatic ring is 1. The SMILES string of the molecule is CCN(CC)c1cc(OC)c(Nc2nccc(Nc3cc(OC(N)=O)ccc3OC)n2)cc1N. The Morgan fingerprint density at radius 2 is 1.71 bits per heavy atom. The zero-order valence-corrected chi connectivity index (χ0v) is 19.6. The number of benzene rings is 2. The number of methoxy groups -OCH3 is 2. The van der Waals surface area contributed by atoms with Crippen molar-refractivity contribution < 1.29 is 19.0 Å². The fourth-order valence-corrected chi connectivity index (χ4v) is 3.40. The Hall–Kier alpha value is -4.41. The van der Waals surface area contributed by atoms with E-state index < -0.39 is 6.09 Å². The summed E-state index contributed by atoms with van der Waals surface area (Å²) >= 11 is 0. The number of rotatable bonds is 10. The Labute approximate surface area is 198 Å². The molecule has 0 aliphatic carbocycles. The molecule has 0 spiro atoms. The van der Waals surface area contributed by atoms with Crippen LogP contribution in [0.2, 0.25) is 0 Å². The molecule has 11 nitrogen and oxygen atoms in total. The van der Waals surface area contributed by atoms with Crippen molar-refractivity contribution in [3.63, 3.8) is 0 Å². The Kier molecular flexibility index (Phi) is 7.80. The van der Waals surface area contributed by atoms with Gasteiger partial charge in [0.2, 0.25) is 5.95 Å². The number of carbonyl (C=O) groups is 1. The predicted molar refractivity (Wildman–Crippen MR) is 133 cm³/mol. The van der Waals surface area contributed by atoms with E-state index in [0.717, 1.165) is 18.8 Å². The van der Waals surface area contributed by atoms with Crippen molar-refractivity contribution in [2.24, 2.45) is 5.73 Å². The highest BCUT2D eigenvalue weighted by molar-refractivity contribution is 5.79. The van der Waals surface area contributed by atoms with E-state index >= 15 is 0 Å². The van der Waals surface area contributed by atoms with Gasteiger partial charge in [0.1, 0.15) is 23.1 Å². The van der Waals surface area contributed by atoms with Gasteiger partial charge in [0.05, 0.1) is 37.0 Å². The minimum Gasteiger partial charge on any atom is -0.495 e. The van der Waals surface area contributed by atoms with Crippen LogP contribution in [0.15, 0.2) is 42.6 Å². The largest absolute Gasteiger partial charge is 0.495 e. The zero-order chi connectivity index (χ0) is 24.7. The summed E-state index contributed by atoms with van der Waals surface area (Å²) in [4.78, 5) is 22.0. The highest BCUT2D eigenvalue weighted by Gasteiger charge is 2.14. The molecule has 0 aliphatic rings. The summed E-state index contributed by atoms with van der Waals surface area (Å²) in [7, 11) is 3.12. The third-order valence-electron chi connectivity index (χ3n) is 5.01. The smallest absolute Gasteiger partial charge is 0.409 e. The van der Waals surface area contributed by atoms with Crippen molar-refractivity contribution in [1.29, 1.82) is 0 Å². The van der Waals surface area contributed by atoms with Crippen LogP contribution in [0.25, 0.3) is 0 Å². The summed E-state index contributed by atoms with van der Waals surface area (Å²) in [6, 6.07) is 10.2. The number of aromatic nitrogens is 2. The van der Waals surface area contributed by atoms with Gasteiger partial charge in [-0.15, -0.1) is 0 Å². The summed E-state index contributed by atoms with van der Waals surface area (Å²) < 4.78 is 15.9. The van der Waals surface area contributed by atoms with Crippen LogP contribution in [0.3, 0.4) is 0 Å². The number of hydrogen-bond donors (Lipinski definition) is 4. The first-order valence-electron chi connectivity index (χ1n) is 10.6. The first-order valence-corrected chi connectivity index (χ1v) is 10.6. The van der Waals surface area contributed by atoms with E-state index in [1.54, 1.807) is 43.6 Å². The Bertz CT molecular complexity index is 1150. The maximum Gasteiger partial charge on any atom is 0.409 e. The van der Waals surface area contributed by atoms with Crippen molar-refractivity contribution in [2.45, 2.75) is 13.8 Å². The maximum atomic E-state index is 11.1. The number of carbonyl (C=O) groups excluding carboxylic acids is 1. The summed E-state index contributed by atoms with van der Waals surface area (Å²) in [6.45, 7) is 5.78. The molecule has 1 heterocycles. The first kappa shape index (κ1) is 24.2. The lowest BCUT2D eigenvalue weighted by molar-refractivity contribution is 0.211. The minimum absolute atomic E-state index is 0.261. The standard InChI is InChI=1S/C23H29N7O4/c1-5-30(6-2)18-13-20(33-4)17(12-15(18)24)28-23-26-10-9-21(29-23)27-16-11-14(34-22(25)31)7-8-19(16)32-3/h7-13H,5-6,24H2,1-4H3,(H2,25,31)(H2,26,27,28,29). The van der Waals surface area contributed by atoms with Crippen molar-refractivity contribution in [1.82, 2.24) is 9.97 Å². The Morgan fingerprint density at radius 3 is 2.35 bits per heavy atom. The van der Waals surface area contributed by atoms with E-state index in [1.165, 1.54) is 7.11 Å². The molecule has 0 aliphatic heterocycles. The molecule has 1 amide bonds. The molecule has 180 valence electrons. The van der Waals surface area contributed by atoms with Crippen molar-refractivity contribution in [3.05, 3.63) is 42.6 Å². The van der Waals surface area contributed by atoms with Gasteiger partial charge in [-0.3, -0.25) is 0 Å². The summed E-state index contributed by atoms with van der Waals surface area (Å²) in [5.41, 5.74) is 14.1. The van der Waals surface area contributed by atoms with Crippen LogP contribution in [-0.2, 0) is 0 Å². The van der Waals surface area contributed by atoms with E-state index in [2.05, 4.69) is 39.3 Å². The molecule has 34 heavy (non-hydrogen) atoms. The first-order chi connectivity index (χ1) is 16.4. The molecular weight excluding hydrogens is 438 g/mol. The zero-order valence-electron chi connectivity index (χ0n) is 19.6. The average Bonchev–Trinajstić information content (AvgIpc) is 2.81. The van der Waals surface area contributed by atoms with Crippen LogP contribution in [0.4, 0.5) is 39.3 Å². The van der Waals surface area contributed by atoms with Crippen LogP contribution in [0.1, 0.15) is 13.8 Å². The van der Waals surface area contributed by atoms with Crippen LogP contribution in [0, 0.1) is 0 Å². The van der Waals surface area contributed by atoms with E-state index in [1.807, 2.05) is 6.07 Å². The van der Waals surface area contributed by atoms with E-state index in [-0.39, 0.29) is 5.75 Å². The monoisotopic (exact) mass is 467 g/mol. The highest BCUT2D eigenvalue weighted by Crippen LogP contribution is 2.37. The van der Waals surface area contributed by atoms with Gasteiger partial charge in [0.25, 0.3) is 0 Å². The number of amides is 1. The average molecular weight is 468 g/mol. The minimum atomic E-state index is -0.912. The van der Waals surface area contributed by atoms with Crippen LogP contribution >= 0.6 is 0 Å². The number of hydrogen-bond acceptors (Lipinski definition) is 10. The second kappa shape index (κ2) is 10.9. The van der Waals surface area contributed by atoms with Gasteiger partial charge in [-0.25, -0.2) is 9.78 Å². The summed E-state index contributed by atoms with van der Waals surface area (Å²) in [5, 5.41) is 6.29. The van der Waals surface area contributed by atoms with Crippen LogP contribution in [-0.4, -0.2) is 43.4 Å². The quantitative estimate of drug-likeness (QED) is 0.324. The predicted octanol–water partition coefficient (Wildman–Crippen LogP) is 3.87. The molecule has 11 heteroatoms. The molecule has 3 rings (SSSR count). The van der Waals surface area contributed by atoms with Gasteiger partial charge in [-0.05, 0) is 38.1 Å². The molecule has 3 aromatic rings. The van der Waals surface area contributed by atoms with Crippen molar-refractivity contribution >= 4 is 40.6 Å². The van der Waals surface area contributed by atoms with Crippen molar-refractivity contribution in [2.75, 3.05) is 48.6 Å². The van der Waals surface area contributed by atoms with E-state index in [0.29, 0.717) is 40.3 Å². The summed E-state index contributed by atoms with van der Waals surface area (Å²) in [5.74, 6) is 2.18. The topological polar surface area (TPSA) is 150 Å². The lowest BCUT2D eigenvalue weighted by Crippen LogP contribution is -2.23. The normalized spacial score (nSPS) is 10.4. The van der Waals surface area contributed by atoms with Crippen LogP contribution < -0.4 is 41.2 Å². The van der Waals surface area contributed by atoms with Gasteiger partial charge >= 0.3 is 6.09 Å². The van der Waals surface area contributed by atoms with Gasteiger partial charge in [-0.1, -0.05) is 0 Å². The fraction of sp³-hybridized carbons (Fsp3) is 0.261. The Morgan fingerprint density at radius 1 is 1.00 bits per heavy atom. The van der Waals surface area contributed by atoms with Crippen molar-refractivity contribution in [3.8, 4) is 17.2 Å². The molecule has 0 fully saturated rings. The van der Waals surface area contributed by atoms with Gasteiger partial charge in [0.15, 0.2) is 0 Å². The number of ether oxygens (including phenoxy) is 3. The second-order valence-electron chi connectivity index (χ2n) is 7.08. The van der Waals surface area contributed by atoms with Crippen LogP contribution in [0.5, 0.6) is 17.2 Å². The molecular formula is C23H29N7O4. The molecule has 0 saturated heterocycles. The molecule has 0 radical (unpaired) electrons. The van der Waals surface area contributed by atoms with Gasteiger partial charge < -0.3 is 41.2 Å². The summed E-state index contributed by atoms with van der Waals surface area (Å²) in [6.07, 6.45) is 0.679. The fourth-order valence-electron chi connectivity index (χ4n) is 3.40. The number of nitrogens with zero attached hydrogens (tertiary/aromatic N) is 3. The molecule has 0 bridgehead atoms. The molecule has 2 aromatic carbocycles. The van der Waals surface area contributed by atoms with E-state index in [4.69, 9.17) is 25.7 Å². The molecule has 0 atom stereocenters. The third-order valence-corrected chi connectivity index (χ3v) is 5.01. The molecule has 0 unspecified atom stereocenters. The maximum absolute atomic E-state index is 11.1. The number of primary amides is 1. The number of nitrogens with two attached hydrogens (primary N) is 2. The number of anilines is 6. The van der Waals surface area contributed by atoms with E-state index in [9.17, 15) is 4.79 Å². The molecule has 1 aromatic heterocycles. The lowest BCUT2D eigenvalue weighted by atomic mass is 10.2. The third kappa shape index (κ3) is 5.68. The molecule has 6 N–H and O–H groups in total. The highest BCUT2D eigenvalue weighted by atomic mass is 16.5. The number of nitrogens with one attached hydrogen (secondary N) is 2. The Balaban J connectivity index is 1.87. The molecule has 0 saturated carbocycles. The second-order valence-corrected chi connectivity index (χ2v) is 7.08.